The second kappa shape index (κ2) is 8.88. The Morgan fingerprint density at radius 1 is 1.39 bits per heavy atom. The number of anilines is 2. The van der Waals surface area contributed by atoms with Crippen molar-refractivity contribution in [1.82, 2.24) is 0 Å². The van der Waals surface area contributed by atoms with E-state index in [2.05, 4.69) is 12.2 Å². The maximum Gasteiger partial charge on any atom is 0.341 e. The Hall–Kier alpha value is -2.58. The van der Waals surface area contributed by atoms with Crippen LogP contribution in [-0.4, -0.2) is 37.5 Å². The van der Waals surface area contributed by atoms with E-state index < -0.39 is 11.9 Å². The van der Waals surface area contributed by atoms with E-state index in [0.29, 0.717) is 32.9 Å². The van der Waals surface area contributed by atoms with Crippen molar-refractivity contribution < 1.29 is 23.9 Å². The number of esters is 2. The van der Waals surface area contributed by atoms with Gasteiger partial charge in [-0.15, -0.1) is 11.3 Å². The highest BCUT2D eigenvalue weighted by Gasteiger charge is 2.30. The molecule has 0 fully saturated rings. The van der Waals surface area contributed by atoms with Crippen molar-refractivity contribution in [3.05, 3.63) is 39.2 Å². The van der Waals surface area contributed by atoms with Crippen LogP contribution in [0.25, 0.3) is 0 Å². The molecule has 1 aromatic carbocycles. The third-order valence-electron chi connectivity index (χ3n) is 5.38. The van der Waals surface area contributed by atoms with Gasteiger partial charge in [-0.2, -0.15) is 0 Å². The summed E-state index contributed by atoms with van der Waals surface area (Å²) in [5, 5.41) is 3.87. The van der Waals surface area contributed by atoms with Crippen LogP contribution in [0.2, 0.25) is 5.02 Å². The lowest BCUT2D eigenvalue weighted by Crippen LogP contribution is -2.41. The van der Waals surface area contributed by atoms with E-state index >= 15 is 0 Å². The molecular weight excluding hydrogens is 440 g/mol. The summed E-state index contributed by atoms with van der Waals surface area (Å²) in [6, 6.07) is 4.89. The minimum Gasteiger partial charge on any atom is -0.462 e. The number of amides is 1. The molecule has 7 nitrogen and oxygen atoms in total. The predicted molar refractivity (Wildman–Crippen MR) is 119 cm³/mol. The molecule has 1 N–H and O–H groups in total. The van der Waals surface area contributed by atoms with E-state index in [0.717, 1.165) is 29.7 Å². The molecule has 0 saturated carbocycles. The first-order valence-electron chi connectivity index (χ1n) is 10.2. The summed E-state index contributed by atoms with van der Waals surface area (Å²) < 4.78 is 10.5. The van der Waals surface area contributed by atoms with E-state index in [4.69, 9.17) is 21.1 Å². The number of hydrogen-bond donors (Lipinski definition) is 1. The van der Waals surface area contributed by atoms with Gasteiger partial charge in [0.15, 0.2) is 5.75 Å². The average molecular weight is 463 g/mol. The van der Waals surface area contributed by atoms with Crippen molar-refractivity contribution in [2.45, 2.75) is 33.1 Å². The van der Waals surface area contributed by atoms with Crippen molar-refractivity contribution in [3.63, 3.8) is 0 Å². The van der Waals surface area contributed by atoms with Gasteiger partial charge in [0.25, 0.3) is 0 Å². The lowest BCUT2D eigenvalue weighted by atomic mass is 9.88. The molecule has 9 heteroatoms. The second-order valence-corrected chi connectivity index (χ2v) is 9.31. The Bertz CT molecular complexity index is 1050. The van der Waals surface area contributed by atoms with E-state index in [9.17, 15) is 14.4 Å². The van der Waals surface area contributed by atoms with Crippen LogP contribution in [0.15, 0.2) is 18.2 Å². The van der Waals surface area contributed by atoms with Gasteiger partial charge in [0.2, 0.25) is 5.91 Å². The molecule has 0 bridgehead atoms. The van der Waals surface area contributed by atoms with Gasteiger partial charge in [0.05, 0.1) is 24.4 Å². The maximum atomic E-state index is 12.9. The molecule has 2 heterocycles. The largest absolute Gasteiger partial charge is 0.462 e. The summed E-state index contributed by atoms with van der Waals surface area (Å²) in [6.45, 7) is 4.06. The smallest absolute Gasteiger partial charge is 0.341 e. The Morgan fingerprint density at radius 2 is 2.19 bits per heavy atom. The number of halogens is 1. The van der Waals surface area contributed by atoms with Crippen LogP contribution in [0.1, 0.15) is 41.1 Å². The summed E-state index contributed by atoms with van der Waals surface area (Å²) >= 11 is 7.52. The SMILES string of the molecule is CCOC(=O)c1c(NC(=O)CN2CC(=O)Oc3ccc(Cl)cc32)sc2c1CCC(C)C2. The molecule has 164 valence electrons. The summed E-state index contributed by atoms with van der Waals surface area (Å²) in [7, 11) is 0. The van der Waals surface area contributed by atoms with Gasteiger partial charge in [0.1, 0.15) is 11.5 Å². The normalized spacial score (nSPS) is 17.5. The summed E-state index contributed by atoms with van der Waals surface area (Å²) in [5.41, 5.74) is 2.02. The molecular formula is C22H23ClN2O5S. The fraction of sp³-hybridized carbons (Fsp3) is 0.409. The van der Waals surface area contributed by atoms with Crippen LogP contribution in [0.5, 0.6) is 5.75 Å². The second-order valence-electron chi connectivity index (χ2n) is 7.77. The van der Waals surface area contributed by atoms with Crippen molar-refractivity contribution >= 4 is 51.5 Å². The minimum atomic E-state index is -0.449. The molecule has 1 aliphatic carbocycles. The number of fused-ring (bicyclic) bond motifs is 2. The van der Waals surface area contributed by atoms with Crippen LogP contribution in [0.4, 0.5) is 10.7 Å². The zero-order valence-corrected chi connectivity index (χ0v) is 18.9. The molecule has 1 amide bonds. The first-order valence-corrected chi connectivity index (χ1v) is 11.4. The molecule has 0 spiro atoms. The van der Waals surface area contributed by atoms with E-state index in [1.54, 1.807) is 30.0 Å². The topological polar surface area (TPSA) is 84.9 Å². The van der Waals surface area contributed by atoms with Crippen LogP contribution in [-0.2, 0) is 27.2 Å². The molecule has 0 saturated heterocycles. The van der Waals surface area contributed by atoms with Gasteiger partial charge >= 0.3 is 11.9 Å². The maximum absolute atomic E-state index is 12.9. The number of carbonyl (C=O) groups excluding carboxylic acids is 3. The van der Waals surface area contributed by atoms with Crippen molar-refractivity contribution in [1.29, 1.82) is 0 Å². The third-order valence-corrected chi connectivity index (χ3v) is 6.79. The molecule has 1 atom stereocenters. The van der Waals surface area contributed by atoms with Gasteiger partial charge in [-0.3, -0.25) is 4.79 Å². The molecule has 31 heavy (non-hydrogen) atoms. The zero-order chi connectivity index (χ0) is 22.1. The molecule has 0 radical (unpaired) electrons. The predicted octanol–water partition coefficient (Wildman–Crippen LogP) is 4.07. The molecule has 1 aliphatic heterocycles. The lowest BCUT2D eigenvalue weighted by Gasteiger charge is -2.29. The van der Waals surface area contributed by atoms with Crippen LogP contribution in [0.3, 0.4) is 0 Å². The van der Waals surface area contributed by atoms with Crippen LogP contribution in [0, 0.1) is 5.92 Å². The van der Waals surface area contributed by atoms with Gasteiger partial charge in [-0.1, -0.05) is 18.5 Å². The number of rotatable bonds is 5. The highest BCUT2D eigenvalue weighted by Crippen LogP contribution is 2.40. The summed E-state index contributed by atoms with van der Waals surface area (Å²) in [6.07, 6.45) is 2.67. The van der Waals surface area contributed by atoms with E-state index in [-0.39, 0.29) is 25.6 Å². The fourth-order valence-corrected chi connectivity index (χ4v) is 5.54. The third kappa shape index (κ3) is 4.55. The number of benzene rings is 1. The Morgan fingerprint density at radius 3 is 2.97 bits per heavy atom. The number of nitrogens with one attached hydrogen (secondary N) is 1. The Balaban J connectivity index is 1.57. The quantitative estimate of drug-likeness (QED) is 0.532. The lowest BCUT2D eigenvalue weighted by molar-refractivity contribution is -0.133. The number of thiophene rings is 1. The minimum absolute atomic E-state index is 0.0655. The van der Waals surface area contributed by atoms with Gasteiger partial charge in [0, 0.05) is 9.90 Å². The number of nitrogens with zero attached hydrogens (tertiary/aromatic N) is 1. The average Bonchev–Trinajstić information content (AvgIpc) is 3.05. The molecule has 2 aromatic rings. The molecule has 1 unspecified atom stereocenters. The van der Waals surface area contributed by atoms with Gasteiger partial charge < -0.3 is 19.7 Å². The van der Waals surface area contributed by atoms with Gasteiger partial charge in [-0.25, -0.2) is 9.59 Å². The van der Waals surface area contributed by atoms with Crippen LogP contribution >= 0.6 is 22.9 Å². The molecule has 4 rings (SSSR count). The summed E-state index contributed by atoms with van der Waals surface area (Å²) in [4.78, 5) is 40.2. The molecule has 2 aliphatic rings. The van der Waals surface area contributed by atoms with Gasteiger partial charge in [-0.05, 0) is 55.9 Å². The summed E-state index contributed by atoms with van der Waals surface area (Å²) in [5.74, 6) is -0.302. The number of ether oxygens (including phenoxy) is 2. The fourth-order valence-electron chi connectivity index (χ4n) is 3.96. The van der Waals surface area contributed by atoms with Crippen LogP contribution < -0.4 is 15.0 Å². The monoisotopic (exact) mass is 462 g/mol. The first-order chi connectivity index (χ1) is 14.9. The van der Waals surface area contributed by atoms with E-state index in [1.165, 1.54) is 11.3 Å². The Kier molecular flexibility index (Phi) is 6.20. The van der Waals surface area contributed by atoms with Crippen molar-refractivity contribution in [2.24, 2.45) is 5.92 Å². The van der Waals surface area contributed by atoms with Crippen molar-refractivity contribution in [2.75, 3.05) is 29.9 Å². The number of carbonyl (C=O) groups is 3. The highest BCUT2D eigenvalue weighted by molar-refractivity contribution is 7.17. The zero-order valence-electron chi connectivity index (χ0n) is 17.3. The highest BCUT2D eigenvalue weighted by atomic mass is 35.5. The Labute approximate surface area is 189 Å². The standard InChI is InChI=1S/C22H23ClN2O5S/c1-3-29-22(28)20-14-6-4-12(2)8-17(14)31-21(20)24-18(26)10-25-11-19(27)30-16-7-5-13(23)9-15(16)25/h5,7,9,12H,3-4,6,8,10-11H2,1-2H3,(H,24,26). The number of hydrogen-bond acceptors (Lipinski definition) is 7. The van der Waals surface area contributed by atoms with E-state index in [1.807, 2.05) is 0 Å². The van der Waals surface area contributed by atoms with Crippen molar-refractivity contribution in [3.8, 4) is 5.75 Å². The first kappa shape index (κ1) is 21.6. The molecule has 1 aromatic heterocycles.